The van der Waals surface area contributed by atoms with Gasteiger partial charge in [0.05, 0.1) is 5.02 Å². The second kappa shape index (κ2) is 8.06. The van der Waals surface area contributed by atoms with Crippen LogP contribution in [-0.4, -0.2) is 56.9 Å². The lowest BCUT2D eigenvalue weighted by Gasteiger charge is -2.43. The first-order chi connectivity index (χ1) is 11.7. The van der Waals surface area contributed by atoms with Crippen molar-refractivity contribution in [3.63, 3.8) is 0 Å². The summed E-state index contributed by atoms with van der Waals surface area (Å²) < 4.78 is 12.7. The van der Waals surface area contributed by atoms with Crippen molar-refractivity contribution in [3.8, 4) is 5.75 Å². The van der Waals surface area contributed by atoms with Gasteiger partial charge in [0.1, 0.15) is 5.75 Å². The first kappa shape index (κ1) is 20.2. The van der Waals surface area contributed by atoms with E-state index in [9.17, 15) is 24.5 Å². The maximum Gasteiger partial charge on any atom is 0.320 e. The molecule has 0 aromatic heterocycles. The molecule has 0 amide bonds. The number of carboxylic acid groups (broad SMARTS) is 1. The zero-order valence-electron chi connectivity index (χ0n) is 13.9. The molecule has 7 nitrogen and oxygen atoms in total. The average molecular weight is 391 g/mol. The first-order valence-corrected chi connectivity index (χ1v) is 10.4. The summed E-state index contributed by atoms with van der Waals surface area (Å²) in [5.41, 5.74) is 6.27. The summed E-state index contributed by atoms with van der Waals surface area (Å²) in [5, 5.41) is 17.8. The molecule has 2 atom stereocenters. The molecule has 0 aliphatic carbocycles. The van der Waals surface area contributed by atoms with E-state index in [1.165, 1.54) is 6.07 Å². The molecule has 2 rings (SSSR count). The summed E-state index contributed by atoms with van der Waals surface area (Å²) >= 11 is 5.91. The third-order valence-corrected chi connectivity index (χ3v) is 7.74. The lowest BCUT2D eigenvalue weighted by atomic mass is 9.99. The highest BCUT2D eigenvalue weighted by Gasteiger charge is 2.56. The van der Waals surface area contributed by atoms with Crippen LogP contribution in [0.4, 0.5) is 0 Å². The number of rotatable bonds is 7. The van der Waals surface area contributed by atoms with Crippen molar-refractivity contribution >= 4 is 24.9 Å². The van der Waals surface area contributed by atoms with Crippen molar-refractivity contribution in [2.75, 3.05) is 25.8 Å². The molecule has 1 fully saturated rings. The summed E-state index contributed by atoms with van der Waals surface area (Å²) in [6, 6.07) is 4.79. The standard InChI is InChI=1S/C16H24ClN2O5P/c17-13-9-12(3-4-14(13)20)10-19-7-8-25(23,24)16(11-19,15(21)22)5-1-2-6-18/h3-4,9,20H,1-2,5-8,10-11,18H2,(H,21,22)(H,23,24). The van der Waals surface area contributed by atoms with Crippen LogP contribution in [0.15, 0.2) is 18.2 Å². The van der Waals surface area contributed by atoms with Crippen molar-refractivity contribution in [2.45, 2.75) is 31.0 Å². The van der Waals surface area contributed by atoms with Crippen LogP contribution in [0.1, 0.15) is 24.8 Å². The number of phenols is 1. The number of phenolic OH excluding ortho intramolecular Hbond substituents is 1. The topological polar surface area (TPSA) is 124 Å². The van der Waals surface area contributed by atoms with Crippen molar-refractivity contribution in [1.29, 1.82) is 0 Å². The highest BCUT2D eigenvalue weighted by Crippen LogP contribution is 2.59. The van der Waals surface area contributed by atoms with E-state index in [1.807, 2.05) is 4.90 Å². The zero-order valence-corrected chi connectivity index (χ0v) is 15.5. The highest BCUT2D eigenvalue weighted by molar-refractivity contribution is 7.61. The predicted molar refractivity (Wildman–Crippen MR) is 96.4 cm³/mol. The lowest BCUT2D eigenvalue weighted by molar-refractivity contribution is -0.141. The predicted octanol–water partition coefficient (Wildman–Crippen LogP) is 2.08. The second-order valence-electron chi connectivity index (χ2n) is 6.50. The lowest BCUT2D eigenvalue weighted by Crippen LogP contribution is -2.53. The second-order valence-corrected chi connectivity index (χ2v) is 9.62. The van der Waals surface area contributed by atoms with Crippen LogP contribution in [0.3, 0.4) is 0 Å². The van der Waals surface area contributed by atoms with Crippen LogP contribution in [0.25, 0.3) is 0 Å². The molecule has 1 saturated heterocycles. The third kappa shape index (κ3) is 4.36. The summed E-state index contributed by atoms with van der Waals surface area (Å²) in [6.45, 7) is 1.14. The van der Waals surface area contributed by atoms with E-state index in [4.69, 9.17) is 17.3 Å². The Hall–Kier alpha value is -1.11. The number of nitrogens with two attached hydrogens (primary N) is 1. The van der Waals surface area contributed by atoms with Crippen LogP contribution < -0.4 is 5.73 Å². The van der Waals surface area contributed by atoms with E-state index in [0.29, 0.717) is 32.5 Å². The van der Waals surface area contributed by atoms with Gasteiger partial charge >= 0.3 is 5.97 Å². The molecule has 0 bridgehead atoms. The van der Waals surface area contributed by atoms with Gasteiger partial charge in [0, 0.05) is 25.8 Å². The van der Waals surface area contributed by atoms with Crippen LogP contribution in [-0.2, 0) is 15.9 Å². The molecule has 9 heteroatoms. The number of benzene rings is 1. The number of unbranched alkanes of at least 4 members (excludes halogenated alkanes) is 1. The molecule has 5 N–H and O–H groups in total. The molecule has 1 aliphatic rings. The van der Waals surface area contributed by atoms with Crippen LogP contribution in [0.2, 0.25) is 5.02 Å². The Morgan fingerprint density at radius 3 is 2.72 bits per heavy atom. The van der Waals surface area contributed by atoms with Crippen LogP contribution >= 0.6 is 19.0 Å². The monoisotopic (exact) mass is 390 g/mol. The number of aromatic hydroxyl groups is 1. The maximum absolute atomic E-state index is 12.7. The normalized spacial score (nSPS) is 27.3. The summed E-state index contributed by atoms with van der Waals surface area (Å²) in [7, 11) is -3.83. The van der Waals surface area contributed by atoms with Crippen molar-refractivity contribution in [1.82, 2.24) is 4.90 Å². The van der Waals surface area contributed by atoms with E-state index < -0.39 is 18.5 Å². The molecule has 140 valence electrons. The molecule has 2 unspecified atom stereocenters. The van der Waals surface area contributed by atoms with Gasteiger partial charge in [-0.25, -0.2) is 0 Å². The number of hydrogen-bond donors (Lipinski definition) is 4. The fourth-order valence-electron chi connectivity index (χ4n) is 3.23. The van der Waals surface area contributed by atoms with Gasteiger partial charge in [-0.1, -0.05) is 24.1 Å². The van der Waals surface area contributed by atoms with Gasteiger partial charge in [-0.15, -0.1) is 0 Å². The van der Waals surface area contributed by atoms with Gasteiger partial charge in [0.2, 0.25) is 7.37 Å². The Bertz CT molecular complexity index is 686. The number of halogens is 1. The van der Waals surface area contributed by atoms with Crippen LogP contribution in [0.5, 0.6) is 5.75 Å². The van der Waals surface area contributed by atoms with Gasteiger partial charge in [-0.2, -0.15) is 0 Å². The van der Waals surface area contributed by atoms with E-state index >= 15 is 0 Å². The van der Waals surface area contributed by atoms with Gasteiger partial charge < -0.3 is 20.8 Å². The van der Waals surface area contributed by atoms with E-state index in [-0.39, 0.29) is 29.9 Å². The molecule has 1 heterocycles. The van der Waals surface area contributed by atoms with Gasteiger partial charge in [-0.05, 0) is 37.1 Å². The molecular weight excluding hydrogens is 367 g/mol. The Balaban J connectivity index is 2.21. The Morgan fingerprint density at radius 1 is 1.40 bits per heavy atom. The Morgan fingerprint density at radius 2 is 2.12 bits per heavy atom. The minimum atomic E-state index is -3.83. The number of aliphatic carboxylic acids is 1. The number of hydrogen-bond acceptors (Lipinski definition) is 5. The van der Waals surface area contributed by atoms with Gasteiger partial charge in [-0.3, -0.25) is 14.3 Å². The summed E-state index contributed by atoms with van der Waals surface area (Å²) in [5.74, 6) is -1.26. The highest BCUT2D eigenvalue weighted by atomic mass is 35.5. The number of carbonyl (C=O) groups is 1. The first-order valence-electron chi connectivity index (χ1n) is 8.17. The number of carboxylic acids is 1. The fraction of sp³-hybridized carbons (Fsp3) is 0.562. The Kier molecular flexibility index (Phi) is 6.51. The molecule has 0 saturated carbocycles. The average Bonchev–Trinajstić information content (AvgIpc) is 2.54. The molecule has 0 spiro atoms. The maximum atomic E-state index is 12.7. The van der Waals surface area contributed by atoms with E-state index in [1.54, 1.807) is 12.1 Å². The largest absolute Gasteiger partial charge is 0.506 e. The van der Waals surface area contributed by atoms with Gasteiger partial charge in [0.15, 0.2) is 5.16 Å². The summed E-state index contributed by atoms with van der Waals surface area (Å²) in [4.78, 5) is 24.2. The van der Waals surface area contributed by atoms with Crippen molar-refractivity contribution in [3.05, 3.63) is 28.8 Å². The van der Waals surface area contributed by atoms with Gasteiger partial charge in [0.25, 0.3) is 0 Å². The van der Waals surface area contributed by atoms with Crippen LogP contribution in [0, 0.1) is 0 Å². The molecule has 25 heavy (non-hydrogen) atoms. The quantitative estimate of drug-likeness (QED) is 0.415. The molecule has 1 aromatic carbocycles. The molecule has 1 aromatic rings. The molecule has 1 aliphatic heterocycles. The SMILES string of the molecule is NCCCCC1(C(=O)O)CN(Cc2ccc(O)c(Cl)c2)CCP1(=O)O. The minimum Gasteiger partial charge on any atom is -0.506 e. The van der Waals surface area contributed by atoms with Crippen molar-refractivity contribution in [2.24, 2.45) is 5.73 Å². The smallest absolute Gasteiger partial charge is 0.320 e. The van der Waals surface area contributed by atoms with E-state index in [2.05, 4.69) is 0 Å². The molecular formula is C16H24ClN2O5P. The zero-order chi connectivity index (χ0) is 18.7. The summed E-state index contributed by atoms with van der Waals surface area (Å²) in [6.07, 6.45) is 1.17. The third-order valence-electron chi connectivity index (χ3n) is 4.73. The minimum absolute atomic E-state index is 0.000815. The van der Waals surface area contributed by atoms with E-state index in [0.717, 1.165) is 5.56 Å². The molecule has 0 radical (unpaired) electrons. The fourth-order valence-corrected chi connectivity index (χ4v) is 5.64. The Labute approximate surface area is 151 Å². The van der Waals surface area contributed by atoms with Crippen molar-refractivity contribution < 1.29 is 24.5 Å². The number of nitrogens with zero attached hydrogens (tertiary/aromatic N) is 1.